The average molecular weight is 349 g/mol. The molecule has 0 aliphatic rings. The normalized spacial score (nSPS) is 10.6. The van der Waals surface area contributed by atoms with Crippen LogP contribution in [0, 0.1) is 10.1 Å². The molecule has 1 heterocycles. The van der Waals surface area contributed by atoms with E-state index in [2.05, 4.69) is 17.6 Å². The molecule has 3 rings (SSSR count). The van der Waals surface area contributed by atoms with Gasteiger partial charge in [0.2, 0.25) is 0 Å². The molecule has 0 saturated heterocycles. The van der Waals surface area contributed by atoms with Crippen molar-refractivity contribution >= 4 is 41.3 Å². The molecule has 7 heteroatoms. The molecule has 0 atom stereocenters. The van der Waals surface area contributed by atoms with Crippen LogP contribution < -0.4 is 0 Å². The zero-order valence-corrected chi connectivity index (χ0v) is 13.5. The minimum atomic E-state index is -0.422. The number of thiazole rings is 1. The molecule has 0 spiro atoms. The van der Waals surface area contributed by atoms with E-state index in [1.165, 1.54) is 23.5 Å². The first kappa shape index (κ1) is 15.0. The highest BCUT2D eigenvalue weighted by Gasteiger charge is 2.15. The molecule has 4 nitrogen and oxygen atoms in total. The highest BCUT2D eigenvalue weighted by Crippen LogP contribution is 2.38. The van der Waals surface area contributed by atoms with Gasteiger partial charge in [-0.2, -0.15) is 0 Å². The van der Waals surface area contributed by atoms with Gasteiger partial charge in [0.15, 0.2) is 0 Å². The molecule has 0 fully saturated rings. The van der Waals surface area contributed by atoms with Crippen LogP contribution in [0.25, 0.3) is 21.7 Å². The van der Waals surface area contributed by atoms with Gasteiger partial charge in [0.05, 0.1) is 15.5 Å². The molecule has 0 unspecified atom stereocenters. The summed E-state index contributed by atoms with van der Waals surface area (Å²) in [6.45, 7) is 0. The van der Waals surface area contributed by atoms with Gasteiger partial charge in [-0.05, 0) is 29.8 Å². The Morgan fingerprint density at radius 2 is 1.64 bits per heavy atom. The summed E-state index contributed by atoms with van der Waals surface area (Å²) in [7, 11) is 0. The third-order valence-corrected chi connectivity index (χ3v) is 4.61. The molecule has 22 heavy (non-hydrogen) atoms. The van der Waals surface area contributed by atoms with Crippen molar-refractivity contribution in [3.05, 3.63) is 63.7 Å². The van der Waals surface area contributed by atoms with Gasteiger partial charge in [-0.3, -0.25) is 10.1 Å². The summed E-state index contributed by atoms with van der Waals surface area (Å²) in [6, 6.07) is 13.8. The molecule has 3 aromatic rings. The number of nitro benzene ring substituents is 1. The van der Waals surface area contributed by atoms with Crippen LogP contribution in [0.3, 0.4) is 0 Å². The number of rotatable bonds is 3. The topological polar surface area (TPSA) is 56.0 Å². The number of hydrogen-bond donors (Lipinski definition) is 1. The second kappa shape index (κ2) is 6.08. The number of thiol groups is 1. The summed E-state index contributed by atoms with van der Waals surface area (Å²) in [5.74, 6) is 0. The van der Waals surface area contributed by atoms with Crippen LogP contribution in [0.5, 0.6) is 0 Å². The fourth-order valence-corrected chi connectivity index (χ4v) is 3.38. The van der Waals surface area contributed by atoms with Gasteiger partial charge >= 0.3 is 0 Å². The van der Waals surface area contributed by atoms with Crippen molar-refractivity contribution in [1.29, 1.82) is 0 Å². The van der Waals surface area contributed by atoms with Crippen LogP contribution in [-0.4, -0.2) is 9.91 Å². The molecule has 110 valence electrons. The molecule has 2 aromatic carbocycles. The third-order valence-electron chi connectivity index (χ3n) is 3.07. The molecule has 0 bridgehead atoms. The van der Waals surface area contributed by atoms with Crippen molar-refractivity contribution in [2.75, 3.05) is 0 Å². The molecule has 0 radical (unpaired) electrons. The zero-order valence-electron chi connectivity index (χ0n) is 11.1. The average Bonchev–Trinajstić information content (AvgIpc) is 2.90. The van der Waals surface area contributed by atoms with Crippen LogP contribution in [-0.2, 0) is 0 Å². The second-order valence-electron chi connectivity index (χ2n) is 4.49. The first-order valence-electron chi connectivity index (χ1n) is 6.25. The van der Waals surface area contributed by atoms with Gasteiger partial charge in [0.25, 0.3) is 5.69 Å². The molecule has 0 N–H and O–H groups in total. The fourth-order valence-electron chi connectivity index (χ4n) is 2.04. The summed E-state index contributed by atoms with van der Waals surface area (Å²) in [5, 5.41) is 11.4. The zero-order chi connectivity index (χ0) is 15.7. The van der Waals surface area contributed by atoms with Crippen LogP contribution in [0.4, 0.5) is 5.69 Å². The van der Waals surface area contributed by atoms with Crippen molar-refractivity contribution in [1.82, 2.24) is 4.98 Å². The minimum absolute atomic E-state index is 0.0538. The summed E-state index contributed by atoms with van der Waals surface area (Å²) in [5.41, 5.74) is 2.60. The van der Waals surface area contributed by atoms with Crippen molar-refractivity contribution in [2.45, 2.75) is 4.34 Å². The second-order valence-corrected chi connectivity index (χ2v) is 6.65. The molecule has 1 aromatic heterocycles. The Morgan fingerprint density at radius 1 is 1.05 bits per heavy atom. The van der Waals surface area contributed by atoms with Crippen molar-refractivity contribution in [3.63, 3.8) is 0 Å². The van der Waals surface area contributed by atoms with E-state index >= 15 is 0 Å². The Balaban J connectivity index is 2.07. The monoisotopic (exact) mass is 348 g/mol. The lowest BCUT2D eigenvalue weighted by atomic mass is 10.1. The summed E-state index contributed by atoms with van der Waals surface area (Å²) < 4.78 is 0.637. The predicted molar refractivity (Wildman–Crippen MR) is 91.9 cm³/mol. The Labute approximate surface area is 141 Å². The summed E-state index contributed by atoms with van der Waals surface area (Å²) >= 11 is 11.7. The Morgan fingerprint density at radius 3 is 2.23 bits per heavy atom. The highest BCUT2D eigenvalue weighted by atomic mass is 35.5. The number of nitrogens with zero attached hydrogens (tertiary/aromatic N) is 2. The first-order valence-corrected chi connectivity index (χ1v) is 7.89. The lowest BCUT2D eigenvalue weighted by Gasteiger charge is -2.03. The number of benzene rings is 2. The SMILES string of the molecule is O=[N+]([O-])c1ccc(-c2nc(S)sc2-c2ccc(Cl)cc2)cc1. The lowest BCUT2D eigenvalue weighted by Crippen LogP contribution is -1.88. The van der Waals surface area contributed by atoms with Crippen molar-refractivity contribution in [2.24, 2.45) is 0 Å². The van der Waals surface area contributed by atoms with E-state index in [9.17, 15) is 10.1 Å². The van der Waals surface area contributed by atoms with Crippen LogP contribution >= 0.6 is 35.6 Å². The Kier molecular flexibility index (Phi) is 4.15. The van der Waals surface area contributed by atoms with E-state index in [0.717, 1.165) is 21.7 Å². The maximum Gasteiger partial charge on any atom is 0.269 e. The van der Waals surface area contributed by atoms with Crippen LogP contribution in [0.15, 0.2) is 52.9 Å². The van der Waals surface area contributed by atoms with Gasteiger partial charge in [0.1, 0.15) is 4.34 Å². The maximum atomic E-state index is 10.7. The molecular weight excluding hydrogens is 340 g/mol. The molecule has 0 saturated carbocycles. The number of hydrogen-bond acceptors (Lipinski definition) is 5. The van der Waals surface area contributed by atoms with Crippen LogP contribution in [0.2, 0.25) is 5.02 Å². The Hall–Kier alpha value is -1.89. The number of non-ortho nitro benzene ring substituents is 1. The van der Waals surface area contributed by atoms with Crippen molar-refractivity contribution < 1.29 is 4.92 Å². The van der Waals surface area contributed by atoms with Gasteiger partial charge in [0, 0.05) is 22.7 Å². The van der Waals surface area contributed by atoms with E-state index in [1.807, 2.05) is 24.3 Å². The van der Waals surface area contributed by atoms with E-state index in [-0.39, 0.29) is 5.69 Å². The molecule has 0 aliphatic carbocycles. The van der Waals surface area contributed by atoms with Gasteiger partial charge in [-0.1, -0.05) is 23.7 Å². The van der Waals surface area contributed by atoms with E-state index in [0.29, 0.717) is 9.36 Å². The first-order chi connectivity index (χ1) is 10.5. The fraction of sp³-hybridized carbons (Fsp3) is 0. The maximum absolute atomic E-state index is 10.7. The number of nitro groups is 1. The molecule has 0 amide bonds. The van der Waals surface area contributed by atoms with E-state index < -0.39 is 4.92 Å². The van der Waals surface area contributed by atoms with Gasteiger partial charge in [-0.25, -0.2) is 4.98 Å². The highest BCUT2D eigenvalue weighted by molar-refractivity contribution is 7.82. The Bertz CT molecular complexity index is 830. The number of halogens is 1. The standard InChI is InChI=1S/C15H9ClN2O2S2/c16-11-5-1-10(2-6-11)14-13(17-15(21)22-14)9-3-7-12(8-4-9)18(19)20/h1-8H,(H,17,21). The molecular formula is C15H9ClN2O2S2. The molecule has 0 aliphatic heterocycles. The quantitative estimate of drug-likeness (QED) is 0.395. The third kappa shape index (κ3) is 2.99. The van der Waals surface area contributed by atoms with E-state index in [4.69, 9.17) is 11.6 Å². The van der Waals surface area contributed by atoms with Crippen molar-refractivity contribution in [3.8, 4) is 21.7 Å². The predicted octanol–water partition coefficient (Wildman–Crippen LogP) is 5.33. The number of aromatic nitrogens is 1. The lowest BCUT2D eigenvalue weighted by molar-refractivity contribution is -0.384. The van der Waals surface area contributed by atoms with E-state index in [1.54, 1.807) is 12.1 Å². The summed E-state index contributed by atoms with van der Waals surface area (Å²) in [4.78, 5) is 15.7. The smallest absolute Gasteiger partial charge is 0.258 e. The largest absolute Gasteiger partial charge is 0.269 e. The summed E-state index contributed by atoms with van der Waals surface area (Å²) in [6.07, 6.45) is 0. The minimum Gasteiger partial charge on any atom is -0.258 e. The van der Waals surface area contributed by atoms with Gasteiger partial charge < -0.3 is 0 Å². The van der Waals surface area contributed by atoms with Gasteiger partial charge in [-0.15, -0.1) is 24.0 Å². The van der Waals surface area contributed by atoms with Crippen LogP contribution in [0.1, 0.15) is 0 Å².